The predicted octanol–water partition coefficient (Wildman–Crippen LogP) is 2.64. The van der Waals surface area contributed by atoms with Crippen molar-refractivity contribution in [1.82, 2.24) is 4.98 Å². The van der Waals surface area contributed by atoms with Crippen molar-refractivity contribution >= 4 is 22.9 Å². The fraction of sp³-hybridized carbons (Fsp3) is 0.200. The van der Waals surface area contributed by atoms with Gasteiger partial charge in [0.15, 0.2) is 0 Å². The molecule has 2 rings (SSSR count). The van der Waals surface area contributed by atoms with Gasteiger partial charge in [-0.25, -0.2) is 4.98 Å². The number of anilines is 1. The zero-order chi connectivity index (χ0) is 14.5. The number of hydrogen-bond donors (Lipinski definition) is 2. The Balaban J connectivity index is 2.12. The Kier molecular flexibility index (Phi) is 4.53. The summed E-state index contributed by atoms with van der Waals surface area (Å²) in [5.41, 5.74) is 9.73. The minimum Gasteiger partial charge on any atom is -0.481 e. The molecule has 0 aliphatic rings. The van der Waals surface area contributed by atoms with E-state index in [4.69, 9.17) is 22.7 Å². The summed E-state index contributed by atoms with van der Waals surface area (Å²) in [5.74, 6) is 0.605. The lowest BCUT2D eigenvalue weighted by atomic mass is 10.1. The van der Waals surface area contributed by atoms with E-state index in [1.807, 2.05) is 37.3 Å². The van der Waals surface area contributed by atoms with Crippen molar-refractivity contribution in [1.29, 1.82) is 0 Å². The van der Waals surface area contributed by atoms with Gasteiger partial charge in [-0.3, -0.25) is 0 Å². The molecule has 4 nitrogen and oxygen atoms in total. The Morgan fingerprint density at radius 1 is 1.35 bits per heavy atom. The Hall–Kier alpha value is -2.14. The minimum atomic E-state index is 0.393. The van der Waals surface area contributed by atoms with Crippen molar-refractivity contribution in [3.63, 3.8) is 0 Å². The van der Waals surface area contributed by atoms with Crippen LogP contribution < -0.4 is 15.8 Å². The predicted molar refractivity (Wildman–Crippen MR) is 85.2 cm³/mol. The molecule has 0 atom stereocenters. The first-order chi connectivity index (χ1) is 9.60. The molecule has 0 fully saturated rings. The van der Waals surface area contributed by atoms with Gasteiger partial charge in [0.1, 0.15) is 4.99 Å². The summed E-state index contributed by atoms with van der Waals surface area (Å²) in [6.45, 7) is 2.66. The number of nitrogens with zero attached hydrogens (tertiary/aromatic N) is 1. The van der Waals surface area contributed by atoms with E-state index in [1.165, 1.54) is 0 Å². The van der Waals surface area contributed by atoms with Gasteiger partial charge in [0.2, 0.25) is 5.88 Å². The molecule has 0 saturated carbocycles. The lowest BCUT2D eigenvalue weighted by Crippen LogP contribution is -2.13. The van der Waals surface area contributed by atoms with Crippen molar-refractivity contribution in [2.45, 2.75) is 13.5 Å². The first-order valence-electron chi connectivity index (χ1n) is 6.23. The molecule has 0 unspecified atom stereocenters. The molecule has 1 aromatic heterocycles. The largest absolute Gasteiger partial charge is 0.481 e. The van der Waals surface area contributed by atoms with E-state index < -0.39 is 0 Å². The molecule has 3 N–H and O–H groups in total. The van der Waals surface area contributed by atoms with Gasteiger partial charge in [-0.15, -0.1) is 0 Å². The van der Waals surface area contributed by atoms with Gasteiger partial charge in [-0.1, -0.05) is 29.9 Å². The first kappa shape index (κ1) is 14.3. The smallest absolute Gasteiger partial charge is 0.212 e. The van der Waals surface area contributed by atoms with Crippen LogP contribution in [-0.4, -0.2) is 17.1 Å². The molecule has 1 aromatic carbocycles. The summed E-state index contributed by atoms with van der Waals surface area (Å²) in [6.07, 6.45) is 1.78. The standard InChI is InChI=1S/C15H17N3OS/c1-10-3-5-13(12(7-10)15(16)20)17-8-11-4-6-14(19-2)18-9-11/h3-7,9,17H,8H2,1-2H3,(H2,16,20). The van der Waals surface area contributed by atoms with Crippen LogP contribution in [0.4, 0.5) is 5.69 Å². The lowest BCUT2D eigenvalue weighted by molar-refractivity contribution is 0.397. The maximum Gasteiger partial charge on any atom is 0.212 e. The monoisotopic (exact) mass is 287 g/mol. The van der Waals surface area contributed by atoms with Gasteiger partial charge < -0.3 is 15.8 Å². The number of aryl methyl sites for hydroxylation is 1. The fourth-order valence-electron chi connectivity index (χ4n) is 1.85. The molecular formula is C15H17N3OS. The molecular weight excluding hydrogens is 270 g/mol. The second-order valence-electron chi connectivity index (χ2n) is 4.48. The molecule has 0 saturated heterocycles. The number of benzene rings is 1. The highest BCUT2D eigenvalue weighted by molar-refractivity contribution is 7.80. The second-order valence-corrected chi connectivity index (χ2v) is 4.92. The molecule has 0 spiro atoms. The Labute approximate surface area is 124 Å². The van der Waals surface area contributed by atoms with Crippen LogP contribution in [0.25, 0.3) is 0 Å². The molecule has 5 heteroatoms. The fourth-order valence-corrected chi connectivity index (χ4v) is 2.02. The Morgan fingerprint density at radius 3 is 2.75 bits per heavy atom. The lowest BCUT2D eigenvalue weighted by Gasteiger charge is -2.12. The third kappa shape index (κ3) is 3.45. The van der Waals surface area contributed by atoms with Gasteiger partial charge in [0.05, 0.1) is 7.11 Å². The van der Waals surface area contributed by atoms with Crippen LogP contribution >= 0.6 is 12.2 Å². The normalized spacial score (nSPS) is 10.1. The number of aromatic nitrogens is 1. The van der Waals surface area contributed by atoms with E-state index in [0.29, 0.717) is 17.4 Å². The van der Waals surface area contributed by atoms with Crippen LogP contribution in [-0.2, 0) is 6.54 Å². The highest BCUT2D eigenvalue weighted by Gasteiger charge is 2.05. The number of pyridine rings is 1. The average Bonchev–Trinajstić information content (AvgIpc) is 2.46. The second kappa shape index (κ2) is 6.34. The van der Waals surface area contributed by atoms with Crippen LogP contribution in [0.2, 0.25) is 0 Å². The molecule has 2 aromatic rings. The summed E-state index contributed by atoms with van der Waals surface area (Å²) in [5, 5.41) is 3.33. The summed E-state index contributed by atoms with van der Waals surface area (Å²) in [7, 11) is 1.60. The minimum absolute atomic E-state index is 0.393. The Bertz CT molecular complexity index is 611. The number of methoxy groups -OCH3 is 1. The topological polar surface area (TPSA) is 60.2 Å². The SMILES string of the molecule is COc1ccc(CNc2ccc(C)cc2C(N)=S)cn1. The van der Waals surface area contributed by atoms with Crippen molar-refractivity contribution in [3.8, 4) is 5.88 Å². The zero-order valence-corrected chi connectivity index (χ0v) is 12.3. The van der Waals surface area contributed by atoms with Crippen LogP contribution in [0.1, 0.15) is 16.7 Å². The van der Waals surface area contributed by atoms with Crippen LogP contribution in [0, 0.1) is 6.92 Å². The van der Waals surface area contributed by atoms with Crippen molar-refractivity contribution < 1.29 is 4.74 Å². The molecule has 0 radical (unpaired) electrons. The van der Waals surface area contributed by atoms with E-state index in [9.17, 15) is 0 Å². The maximum atomic E-state index is 5.75. The van der Waals surface area contributed by atoms with Gasteiger partial charge in [0.25, 0.3) is 0 Å². The summed E-state index contributed by atoms with van der Waals surface area (Å²) in [4.78, 5) is 4.56. The first-order valence-corrected chi connectivity index (χ1v) is 6.64. The van der Waals surface area contributed by atoms with Gasteiger partial charge in [0, 0.05) is 30.1 Å². The van der Waals surface area contributed by atoms with E-state index in [2.05, 4.69) is 10.3 Å². The van der Waals surface area contributed by atoms with E-state index in [1.54, 1.807) is 13.3 Å². The summed E-state index contributed by atoms with van der Waals surface area (Å²) in [6, 6.07) is 9.79. The summed E-state index contributed by atoms with van der Waals surface area (Å²) < 4.78 is 5.03. The number of nitrogens with one attached hydrogen (secondary N) is 1. The van der Waals surface area contributed by atoms with Gasteiger partial charge in [-0.2, -0.15) is 0 Å². The number of nitrogens with two attached hydrogens (primary N) is 1. The van der Waals surface area contributed by atoms with E-state index in [-0.39, 0.29) is 0 Å². The van der Waals surface area contributed by atoms with Gasteiger partial charge in [-0.05, 0) is 24.6 Å². The molecule has 1 heterocycles. The number of ether oxygens (including phenoxy) is 1. The molecule has 20 heavy (non-hydrogen) atoms. The van der Waals surface area contributed by atoms with Crippen LogP contribution in [0.15, 0.2) is 36.5 Å². The van der Waals surface area contributed by atoms with Crippen LogP contribution in [0.5, 0.6) is 5.88 Å². The average molecular weight is 287 g/mol. The number of rotatable bonds is 5. The third-order valence-electron chi connectivity index (χ3n) is 2.93. The van der Waals surface area contributed by atoms with Gasteiger partial charge >= 0.3 is 0 Å². The van der Waals surface area contributed by atoms with E-state index in [0.717, 1.165) is 22.4 Å². The molecule has 0 aliphatic carbocycles. The van der Waals surface area contributed by atoms with E-state index >= 15 is 0 Å². The van der Waals surface area contributed by atoms with Crippen LogP contribution in [0.3, 0.4) is 0 Å². The molecule has 0 aliphatic heterocycles. The quantitative estimate of drug-likeness (QED) is 0.828. The highest BCUT2D eigenvalue weighted by atomic mass is 32.1. The number of hydrogen-bond acceptors (Lipinski definition) is 4. The van der Waals surface area contributed by atoms with Crippen molar-refractivity contribution in [3.05, 3.63) is 53.2 Å². The zero-order valence-electron chi connectivity index (χ0n) is 11.5. The summed E-state index contributed by atoms with van der Waals surface area (Å²) >= 11 is 5.08. The third-order valence-corrected chi connectivity index (χ3v) is 3.15. The molecule has 0 bridgehead atoms. The Morgan fingerprint density at radius 2 is 2.15 bits per heavy atom. The highest BCUT2D eigenvalue weighted by Crippen LogP contribution is 2.18. The molecule has 0 amide bonds. The van der Waals surface area contributed by atoms with Crippen molar-refractivity contribution in [2.75, 3.05) is 12.4 Å². The number of thiocarbonyl (C=S) groups is 1. The maximum absolute atomic E-state index is 5.75. The van der Waals surface area contributed by atoms with Crippen molar-refractivity contribution in [2.24, 2.45) is 5.73 Å². The molecule has 104 valence electrons.